The minimum Gasteiger partial charge on any atom is -0.469 e. The highest BCUT2D eigenvalue weighted by Crippen LogP contribution is 2.33. The lowest BCUT2D eigenvalue weighted by atomic mass is 9.90. The van der Waals surface area contributed by atoms with Gasteiger partial charge in [-0.05, 0) is 17.0 Å². The molecule has 0 aromatic heterocycles. The first-order valence-corrected chi connectivity index (χ1v) is 6.80. The second-order valence-corrected chi connectivity index (χ2v) is 5.09. The van der Waals surface area contributed by atoms with Crippen molar-refractivity contribution in [3.05, 3.63) is 42.0 Å². The van der Waals surface area contributed by atoms with Gasteiger partial charge in [0.25, 0.3) is 0 Å². The summed E-state index contributed by atoms with van der Waals surface area (Å²) in [5.41, 5.74) is 1.90. The van der Waals surface area contributed by atoms with Gasteiger partial charge in [-0.1, -0.05) is 30.3 Å². The van der Waals surface area contributed by atoms with Crippen molar-refractivity contribution in [1.29, 1.82) is 0 Å². The van der Waals surface area contributed by atoms with Gasteiger partial charge in [0.15, 0.2) is 0 Å². The first-order chi connectivity index (χ1) is 10.1. The molecule has 0 bridgehead atoms. The summed E-state index contributed by atoms with van der Waals surface area (Å²) in [6, 6.07) is 11.8. The van der Waals surface area contributed by atoms with Crippen LogP contribution in [0.2, 0.25) is 0 Å². The first-order valence-electron chi connectivity index (χ1n) is 6.80. The van der Waals surface area contributed by atoms with E-state index in [0.717, 1.165) is 28.3 Å². The maximum absolute atomic E-state index is 12.0. The molecule has 2 rings (SSSR count). The van der Waals surface area contributed by atoms with E-state index in [1.807, 2.05) is 55.4 Å². The number of hydrogen-bond donors (Lipinski definition) is 0. The molecule has 0 aliphatic carbocycles. The number of hydrogen-bond acceptors (Lipinski definition) is 4. The molecular weight excluding hydrogens is 266 g/mol. The van der Waals surface area contributed by atoms with E-state index < -0.39 is 5.92 Å². The Morgan fingerprint density at radius 2 is 1.86 bits per heavy atom. The van der Waals surface area contributed by atoms with Crippen LogP contribution in [0.4, 0.5) is 5.69 Å². The van der Waals surface area contributed by atoms with Crippen molar-refractivity contribution in [2.45, 2.75) is 12.3 Å². The molecule has 0 N–H and O–H groups in total. The maximum Gasteiger partial charge on any atom is 0.313 e. The molecule has 0 aliphatic heterocycles. The van der Waals surface area contributed by atoms with Gasteiger partial charge in [0, 0.05) is 31.6 Å². The van der Waals surface area contributed by atoms with Crippen LogP contribution in [0.15, 0.2) is 36.4 Å². The highest BCUT2D eigenvalue weighted by atomic mass is 16.5. The summed E-state index contributed by atoms with van der Waals surface area (Å²) >= 11 is 0. The number of carbonyl (C=O) groups is 2. The minimum atomic E-state index is -0.561. The Morgan fingerprint density at radius 1 is 1.19 bits per heavy atom. The van der Waals surface area contributed by atoms with Crippen molar-refractivity contribution in [3.63, 3.8) is 0 Å². The normalized spacial score (nSPS) is 12.0. The molecule has 2 aromatic rings. The number of fused-ring (bicyclic) bond motifs is 1. The van der Waals surface area contributed by atoms with Crippen molar-refractivity contribution in [1.82, 2.24) is 0 Å². The van der Waals surface area contributed by atoms with Crippen LogP contribution in [0.3, 0.4) is 0 Å². The molecule has 0 saturated heterocycles. The summed E-state index contributed by atoms with van der Waals surface area (Å²) in [6.45, 7) is 0. The molecular formula is C17H19NO3. The Balaban J connectivity index is 2.66. The van der Waals surface area contributed by atoms with Crippen LogP contribution in [0.5, 0.6) is 0 Å². The van der Waals surface area contributed by atoms with Gasteiger partial charge in [-0.15, -0.1) is 0 Å². The number of anilines is 1. The Labute approximate surface area is 124 Å². The summed E-state index contributed by atoms with van der Waals surface area (Å²) in [5, 5.41) is 2.03. The van der Waals surface area contributed by atoms with Crippen molar-refractivity contribution in [2.75, 3.05) is 26.1 Å². The van der Waals surface area contributed by atoms with E-state index in [2.05, 4.69) is 0 Å². The predicted octanol–water partition coefficient (Wildman–Crippen LogP) is 2.75. The Kier molecular flexibility index (Phi) is 4.58. The molecule has 0 saturated carbocycles. The van der Waals surface area contributed by atoms with E-state index in [1.54, 1.807) is 0 Å². The fourth-order valence-corrected chi connectivity index (χ4v) is 2.59. The third-order valence-corrected chi connectivity index (χ3v) is 3.61. The molecule has 0 fully saturated rings. The largest absolute Gasteiger partial charge is 0.469 e. The van der Waals surface area contributed by atoms with E-state index >= 15 is 0 Å². The fraction of sp³-hybridized carbons (Fsp3) is 0.294. The summed E-state index contributed by atoms with van der Waals surface area (Å²) in [4.78, 5) is 24.9. The van der Waals surface area contributed by atoms with Crippen LogP contribution in [0.25, 0.3) is 10.8 Å². The molecule has 4 heteroatoms. The third-order valence-electron chi connectivity index (χ3n) is 3.61. The van der Waals surface area contributed by atoms with Crippen molar-refractivity contribution < 1.29 is 14.3 Å². The van der Waals surface area contributed by atoms with E-state index in [0.29, 0.717) is 0 Å². The van der Waals surface area contributed by atoms with Gasteiger partial charge in [0.05, 0.1) is 13.0 Å². The Hall–Kier alpha value is -2.36. The summed E-state index contributed by atoms with van der Waals surface area (Å²) in [6.07, 6.45) is 0.883. The van der Waals surface area contributed by atoms with Crippen molar-refractivity contribution >= 4 is 28.7 Å². The number of esters is 1. The molecule has 4 nitrogen and oxygen atoms in total. The Bertz CT molecular complexity index is 664. The van der Waals surface area contributed by atoms with E-state index in [9.17, 15) is 9.59 Å². The number of ether oxygens (including phenoxy) is 1. The van der Waals surface area contributed by atoms with Crippen LogP contribution in [-0.2, 0) is 14.3 Å². The quantitative estimate of drug-likeness (QED) is 0.626. The van der Waals surface area contributed by atoms with Gasteiger partial charge in [-0.2, -0.15) is 0 Å². The second kappa shape index (κ2) is 6.39. The van der Waals surface area contributed by atoms with Crippen LogP contribution >= 0.6 is 0 Å². The third kappa shape index (κ3) is 2.89. The molecule has 1 atom stereocenters. The summed E-state index contributed by atoms with van der Waals surface area (Å²) < 4.78 is 4.84. The lowest BCUT2D eigenvalue weighted by molar-refractivity contribution is -0.143. The van der Waals surface area contributed by atoms with Gasteiger partial charge in [-0.25, -0.2) is 0 Å². The zero-order valence-electron chi connectivity index (χ0n) is 12.5. The highest BCUT2D eigenvalue weighted by Gasteiger charge is 2.23. The van der Waals surface area contributed by atoms with Gasteiger partial charge in [0.1, 0.15) is 6.29 Å². The van der Waals surface area contributed by atoms with E-state index in [-0.39, 0.29) is 12.4 Å². The number of aldehydes is 1. The van der Waals surface area contributed by atoms with Gasteiger partial charge >= 0.3 is 5.97 Å². The number of rotatable bonds is 5. The highest BCUT2D eigenvalue weighted by molar-refractivity contribution is 5.99. The van der Waals surface area contributed by atoms with Crippen molar-refractivity contribution in [2.24, 2.45) is 0 Å². The Morgan fingerprint density at radius 3 is 2.43 bits per heavy atom. The zero-order chi connectivity index (χ0) is 15.4. The smallest absolute Gasteiger partial charge is 0.313 e. The SMILES string of the molecule is COC(=O)[C@H](CC=O)c1ccc(N(C)C)c2ccccc12. The monoisotopic (exact) mass is 285 g/mol. The van der Waals surface area contributed by atoms with Crippen LogP contribution < -0.4 is 4.90 Å². The molecule has 110 valence electrons. The number of benzene rings is 2. The van der Waals surface area contributed by atoms with Gasteiger partial charge in [-0.3, -0.25) is 4.79 Å². The molecule has 0 unspecified atom stereocenters. The summed E-state index contributed by atoms with van der Waals surface area (Å²) in [7, 11) is 5.30. The second-order valence-electron chi connectivity index (χ2n) is 5.09. The molecule has 0 spiro atoms. The van der Waals surface area contributed by atoms with Crippen LogP contribution in [-0.4, -0.2) is 33.5 Å². The van der Waals surface area contributed by atoms with Gasteiger partial charge < -0.3 is 14.4 Å². The van der Waals surface area contributed by atoms with Crippen molar-refractivity contribution in [3.8, 4) is 0 Å². The fourth-order valence-electron chi connectivity index (χ4n) is 2.59. The predicted molar refractivity (Wildman–Crippen MR) is 83.7 cm³/mol. The topological polar surface area (TPSA) is 46.6 Å². The standard InChI is InChI=1S/C17H19NO3/c1-18(2)16-9-8-13(12-6-4-5-7-14(12)16)15(10-11-19)17(20)21-3/h4-9,11,15H,10H2,1-3H3/t15-/m1/s1. The van der Waals surface area contributed by atoms with E-state index in [1.165, 1.54) is 7.11 Å². The zero-order valence-corrected chi connectivity index (χ0v) is 12.5. The molecule has 21 heavy (non-hydrogen) atoms. The van der Waals surface area contributed by atoms with Gasteiger partial charge in [0.2, 0.25) is 0 Å². The lowest BCUT2D eigenvalue weighted by Crippen LogP contribution is -2.16. The summed E-state index contributed by atoms with van der Waals surface area (Å²) in [5.74, 6) is -0.946. The average Bonchev–Trinajstić information content (AvgIpc) is 2.50. The first kappa shape index (κ1) is 15.0. The van der Waals surface area contributed by atoms with Crippen LogP contribution in [0.1, 0.15) is 17.9 Å². The lowest BCUT2D eigenvalue weighted by Gasteiger charge is -2.20. The average molecular weight is 285 g/mol. The molecule has 0 heterocycles. The number of methoxy groups -OCH3 is 1. The van der Waals surface area contributed by atoms with Crippen LogP contribution in [0, 0.1) is 0 Å². The minimum absolute atomic E-state index is 0.123. The number of carbonyl (C=O) groups excluding carboxylic acids is 2. The molecule has 2 aromatic carbocycles. The van der Waals surface area contributed by atoms with E-state index in [4.69, 9.17) is 4.74 Å². The number of nitrogens with zero attached hydrogens (tertiary/aromatic N) is 1. The molecule has 0 radical (unpaired) electrons. The molecule has 0 amide bonds. The maximum atomic E-state index is 12.0. The molecule has 0 aliphatic rings.